The molecule has 0 aliphatic carbocycles. The van der Waals surface area contributed by atoms with Crippen LogP contribution >= 0.6 is 11.3 Å². The summed E-state index contributed by atoms with van der Waals surface area (Å²) in [5, 5.41) is 16.3. The Labute approximate surface area is 174 Å². The van der Waals surface area contributed by atoms with Crippen LogP contribution < -0.4 is 15.8 Å². The summed E-state index contributed by atoms with van der Waals surface area (Å²) in [5.74, 6) is -0.746. The minimum atomic E-state index is -0.515. The number of aryl methyl sites for hydroxylation is 2. The van der Waals surface area contributed by atoms with Gasteiger partial charge < -0.3 is 15.3 Å². The lowest BCUT2D eigenvalue weighted by atomic mass is 10.1. The van der Waals surface area contributed by atoms with Crippen LogP contribution in [0.2, 0.25) is 0 Å². The molecule has 0 radical (unpaired) electrons. The third-order valence-corrected chi connectivity index (χ3v) is 6.19. The molecule has 1 saturated heterocycles. The zero-order valence-electron chi connectivity index (χ0n) is 17.1. The molecular formula is C22H27N3O3S. The summed E-state index contributed by atoms with van der Waals surface area (Å²) in [5.41, 5.74) is 0.868. The molecular weight excluding hydrogens is 386 g/mol. The molecule has 2 N–H and O–H groups in total. The van der Waals surface area contributed by atoms with Crippen molar-refractivity contribution in [3.8, 4) is 5.75 Å². The summed E-state index contributed by atoms with van der Waals surface area (Å²) in [4.78, 5) is 27.7. The lowest BCUT2D eigenvalue weighted by Crippen LogP contribution is -2.34. The lowest BCUT2D eigenvalue weighted by molar-refractivity contribution is 0.0988. The van der Waals surface area contributed by atoms with Crippen molar-refractivity contribution in [2.45, 2.75) is 33.2 Å². The third-order valence-electron chi connectivity index (χ3n) is 5.07. The van der Waals surface area contributed by atoms with Crippen LogP contribution in [0.4, 0.5) is 5.69 Å². The predicted molar refractivity (Wildman–Crippen MR) is 119 cm³/mol. The highest BCUT2D eigenvalue weighted by Gasteiger charge is 2.26. The van der Waals surface area contributed by atoms with Gasteiger partial charge in [-0.2, -0.15) is 0 Å². The molecule has 7 heteroatoms. The van der Waals surface area contributed by atoms with E-state index in [9.17, 15) is 14.7 Å². The fourth-order valence-corrected chi connectivity index (χ4v) is 4.53. The van der Waals surface area contributed by atoms with E-state index in [2.05, 4.69) is 5.32 Å². The average molecular weight is 414 g/mol. The monoisotopic (exact) mass is 413 g/mol. The summed E-state index contributed by atoms with van der Waals surface area (Å²) >= 11 is 1.40. The van der Waals surface area contributed by atoms with Gasteiger partial charge >= 0.3 is 0 Å². The molecule has 1 amide bonds. The van der Waals surface area contributed by atoms with Crippen molar-refractivity contribution < 1.29 is 9.90 Å². The van der Waals surface area contributed by atoms with Crippen LogP contribution in [0.1, 0.15) is 35.7 Å². The Kier molecular flexibility index (Phi) is 6.71. The van der Waals surface area contributed by atoms with Crippen LogP contribution in [0, 0.1) is 6.92 Å². The second kappa shape index (κ2) is 9.24. The van der Waals surface area contributed by atoms with Crippen molar-refractivity contribution in [3.63, 3.8) is 0 Å². The zero-order valence-corrected chi connectivity index (χ0v) is 17.9. The number of thiophene rings is 1. The first-order valence-corrected chi connectivity index (χ1v) is 10.7. The van der Waals surface area contributed by atoms with E-state index in [0.717, 1.165) is 5.56 Å². The molecule has 3 heterocycles. The SMILES string of the molecule is C1CCNC1.CCn1c(=O)c(C(=O)N(C)c2ccccc2)c(O)c2c(C)csc21. The van der Waals surface area contributed by atoms with Gasteiger partial charge in [-0.25, -0.2) is 0 Å². The number of pyridine rings is 1. The van der Waals surface area contributed by atoms with Gasteiger partial charge in [0.25, 0.3) is 11.5 Å². The number of aromatic nitrogens is 1. The summed E-state index contributed by atoms with van der Waals surface area (Å²) in [6, 6.07) is 9.04. The summed E-state index contributed by atoms with van der Waals surface area (Å²) in [7, 11) is 1.59. The molecule has 0 bridgehead atoms. The number of carbonyl (C=O) groups is 1. The number of carbonyl (C=O) groups excluding carboxylic acids is 1. The molecule has 29 heavy (non-hydrogen) atoms. The molecule has 1 aliphatic rings. The number of hydrogen-bond acceptors (Lipinski definition) is 5. The molecule has 0 saturated carbocycles. The fraction of sp³-hybridized carbons (Fsp3) is 0.364. The maximum Gasteiger partial charge on any atom is 0.268 e. The first-order chi connectivity index (χ1) is 14.0. The molecule has 1 aliphatic heterocycles. The van der Waals surface area contributed by atoms with Crippen molar-refractivity contribution >= 4 is 33.1 Å². The van der Waals surface area contributed by atoms with Crippen molar-refractivity contribution in [3.05, 3.63) is 57.2 Å². The van der Waals surface area contributed by atoms with E-state index in [1.54, 1.807) is 23.7 Å². The van der Waals surface area contributed by atoms with E-state index < -0.39 is 11.5 Å². The van der Waals surface area contributed by atoms with Gasteiger partial charge in [-0.1, -0.05) is 18.2 Å². The first-order valence-electron chi connectivity index (χ1n) is 9.84. The quantitative estimate of drug-likeness (QED) is 0.686. The Bertz CT molecular complexity index is 1040. The zero-order chi connectivity index (χ0) is 21.0. The molecule has 2 aromatic heterocycles. The van der Waals surface area contributed by atoms with Gasteiger partial charge in [-0.15, -0.1) is 11.3 Å². The second-order valence-electron chi connectivity index (χ2n) is 7.03. The number of fused-ring (bicyclic) bond motifs is 1. The van der Waals surface area contributed by atoms with Crippen LogP contribution in [-0.4, -0.2) is 35.7 Å². The highest BCUT2D eigenvalue weighted by Crippen LogP contribution is 2.34. The molecule has 6 nitrogen and oxygen atoms in total. The molecule has 3 aromatic rings. The first kappa shape index (κ1) is 21.1. The maximum absolute atomic E-state index is 12.9. The van der Waals surface area contributed by atoms with Gasteiger partial charge in [0.15, 0.2) is 0 Å². The Morgan fingerprint density at radius 2 is 1.90 bits per heavy atom. The molecule has 1 aromatic carbocycles. The molecule has 0 spiro atoms. The summed E-state index contributed by atoms with van der Waals surface area (Å²) in [6.07, 6.45) is 2.78. The van der Waals surface area contributed by atoms with Crippen molar-refractivity contribution in [2.75, 3.05) is 25.0 Å². The minimum absolute atomic E-state index is 0.183. The van der Waals surface area contributed by atoms with E-state index in [4.69, 9.17) is 0 Å². The van der Waals surface area contributed by atoms with Crippen molar-refractivity contribution in [1.29, 1.82) is 0 Å². The Morgan fingerprint density at radius 3 is 2.45 bits per heavy atom. The summed E-state index contributed by atoms with van der Waals surface area (Å²) < 4.78 is 1.54. The number of amides is 1. The number of benzene rings is 1. The smallest absolute Gasteiger partial charge is 0.268 e. The summed E-state index contributed by atoms with van der Waals surface area (Å²) in [6.45, 7) is 6.64. The van der Waals surface area contributed by atoms with Crippen LogP contribution in [0.5, 0.6) is 5.75 Å². The molecule has 0 unspecified atom stereocenters. The molecule has 0 atom stereocenters. The van der Waals surface area contributed by atoms with E-state index in [-0.39, 0.29) is 11.3 Å². The van der Waals surface area contributed by atoms with Gasteiger partial charge in [-0.05, 0) is 62.9 Å². The lowest BCUT2D eigenvalue weighted by Gasteiger charge is -2.19. The van der Waals surface area contributed by atoms with Crippen LogP contribution in [-0.2, 0) is 6.54 Å². The number of nitrogens with one attached hydrogen (secondary N) is 1. The maximum atomic E-state index is 12.9. The molecule has 154 valence electrons. The number of para-hydroxylation sites is 1. The third kappa shape index (κ3) is 4.21. The topological polar surface area (TPSA) is 74.6 Å². The number of rotatable bonds is 3. The van der Waals surface area contributed by atoms with Crippen LogP contribution in [0.15, 0.2) is 40.5 Å². The van der Waals surface area contributed by atoms with Gasteiger partial charge in [-0.3, -0.25) is 14.2 Å². The standard InChI is InChI=1S/C18H18N2O3S.C4H9N/c1-4-20-17(23)14(15(21)13-11(2)10-24-18(13)20)16(22)19(3)12-8-6-5-7-9-12;1-2-4-5-3-1/h5-10,21H,4H2,1-3H3;5H,1-4H2. The van der Waals surface area contributed by atoms with Crippen molar-refractivity contribution in [1.82, 2.24) is 9.88 Å². The average Bonchev–Trinajstić information content (AvgIpc) is 3.42. The predicted octanol–water partition coefficient (Wildman–Crippen LogP) is 3.74. The number of anilines is 1. The normalized spacial score (nSPS) is 13.2. The number of aromatic hydroxyl groups is 1. The van der Waals surface area contributed by atoms with E-state index in [1.165, 1.54) is 42.2 Å². The van der Waals surface area contributed by atoms with E-state index >= 15 is 0 Å². The largest absolute Gasteiger partial charge is 0.506 e. The molecule has 1 fully saturated rings. The van der Waals surface area contributed by atoms with Gasteiger partial charge in [0, 0.05) is 19.3 Å². The Hall–Kier alpha value is -2.64. The van der Waals surface area contributed by atoms with Gasteiger partial charge in [0.1, 0.15) is 16.1 Å². The van der Waals surface area contributed by atoms with Gasteiger partial charge in [0.05, 0.1) is 5.39 Å². The van der Waals surface area contributed by atoms with Crippen LogP contribution in [0.25, 0.3) is 10.2 Å². The van der Waals surface area contributed by atoms with E-state index in [1.807, 2.05) is 37.4 Å². The number of nitrogens with zero attached hydrogens (tertiary/aromatic N) is 2. The minimum Gasteiger partial charge on any atom is -0.506 e. The Balaban J connectivity index is 0.000000419. The van der Waals surface area contributed by atoms with Crippen molar-refractivity contribution in [2.24, 2.45) is 0 Å². The van der Waals surface area contributed by atoms with Gasteiger partial charge in [0.2, 0.25) is 0 Å². The highest BCUT2D eigenvalue weighted by molar-refractivity contribution is 7.17. The highest BCUT2D eigenvalue weighted by atomic mass is 32.1. The van der Waals surface area contributed by atoms with Crippen LogP contribution in [0.3, 0.4) is 0 Å². The van der Waals surface area contributed by atoms with E-state index in [0.29, 0.717) is 22.4 Å². The Morgan fingerprint density at radius 1 is 1.24 bits per heavy atom. The number of hydrogen-bond donors (Lipinski definition) is 2. The second-order valence-corrected chi connectivity index (χ2v) is 7.89. The fourth-order valence-electron chi connectivity index (χ4n) is 3.41. The molecule has 4 rings (SSSR count).